The van der Waals surface area contributed by atoms with Crippen molar-refractivity contribution in [2.24, 2.45) is 11.8 Å². The standard InChI is InChI=1S/C30H47F3O6Si2/c1-28(2,3)40(7,8)38-22-16-21-20(15-24(34)36-21)25(22)27-26(37-27)23(39-41(9,10)29(4,5)6)17-35-19-13-11-12-18(14-19)30(31,32)33/h11-14,20-23,25-27H,15-17H2,1-10H3/t20-,21-,22+,23-,25+,26?,27+/m0/s1. The molecule has 1 unspecified atom stereocenters. The fraction of sp³-hybridized carbons (Fsp3) is 0.767. The second kappa shape index (κ2) is 10.9. The number of epoxide rings is 1. The van der Waals surface area contributed by atoms with Gasteiger partial charge in [-0.3, -0.25) is 4.79 Å². The lowest BCUT2D eigenvalue weighted by molar-refractivity contribution is -0.142. The van der Waals surface area contributed by atoms with Crippen molar-refractivity contribution in [3.63, 3.8) is 0 Å². The summed E-state index contributed by atoms with van der Waals surface area (Å²) in [5.41, 5.74) is -0.758. The van der Waals surface area contributed by atoms with Crippen LogP contribution in [0.15, 0.2) is 24.3 Å². The van der Waals surface area contributed by atoms with E-state index in [9.17, 15) is 18.0 Å². The lowest BCUT2D eigenvalue weighted by Gasteiger charge is -2.40. The van der Waals surface area contributed by atoms with E-state index in [1.165, 1.54) is 12.1 Å². The number of benzene rings is 1. The Kier molecular flexibility index (Phi) is 8.68. The summed E-state index contributed by atoms with van der Waals surface area (Å²) >= 11 is 0. The van der Waals surface area contributed by atoms with Gasteiger partial charge in [0.15, 0.2) is 16.6 Å². The minimum atomic E-state index is -4.46. The number of hydrogen-bond acceptors (Lipinski definition) is 6. The van der Waals surface area contributed by atoms with Gasteiger partial charge >= 0.3 is 12.1 Å². The van der Waals surface area contributed by atoms with E-state index in [1.807, 2.05) is 0 Å². The van der Waals surface area contributed by atoms with Crippen molar-refractivity contribution in [1.82, 2.24) is 0 Å². The van der Waals surface area contributed by atoms with E-state index >= 15 is 0 Å². The van der Waals surface area contributed by atoms with Gasteiger partial charge in [0.05, 0.1) is 24.2 Å². The Bertz CT molecular complexity index is 1110. The van der Waals surface area contributed by atoms with Crippen molar-refractivity contribution in [2.75, 3.05) is 6.61 Å². The molecule has 1 saturated carbocycles. The predicted octanol–water partition coefficient (Wildman–Crippen LogP) is 7.58. The molecule has 6 nitrogen and oxygen atoms in total. The van der Waals surface area contributed by atoms with Crippen molar-refractivity contribution in [2.45, 2.75) is 127 Å². The Labute approximate surface area is 244 Å². The van der Waals surface area contributed by atoms with Gasteiger partial charge in [-0.1, -0.05) is 47.6 Å². The molecule has 2 saturated heterocycles. The number of esters is 1. The fourth-order valence-electron chi connectivity index (χ4n) is 5.47. The van der Waals surface area contributed by atoms with Crippen molar-refractivity contribution in [3.05, 3.63) is 29.8 Å². The molecule has 7 atom stereocenters. The zero-order chi connectivity index (χ0) is 30.8. The fourth-order valence-corrected chi connectivity index (χ4v) is 8.15. The number of rotatable bonds is 9. The lowest BCUT2D eigenvalue weighted by atomic mass is 9.87. The van der Waals surface area contributed by atoms with E-state index in [4.69, 9.17) is 23.1 Å². The second-order valence-corrected chi connectivity index (χ2v) is 24.5. The third-order valence-corrected chi connectivity index (χ3v) is 18.9. The summed E-state index contributed by atoms with van der Waals surface area (Å²) in [6.07, 6.45) is -4.78. The topological polar surface area (TPSA) is 66.5 Å². The molecule has 0 aromatic heterocycles. The number of fused-ring (bicyclic) bond motifs is 1. The van der Waals surface area contributed by atoms with E-state index in [0.717, 1.165) is 12.1 Å². The predicted molar refractivity (Wildman–Crippen MR) is 156 cm³/mol. The minimum Gasteiger partial charge on any atom is -0.491 e. The van der Waals surface area contributed by atoms with Gasteiger partial charge in [-0.2, -0.15) is 13.2 Å². The molecule has 2 heterocycles. The zero-order valence-corrected chi connectivity index (χ0v) is 28.1. The average molecular weight is 617 g/mol. The van der Waals surface area contributed by atoms with Crippen LogP contribution in [-0.4, -0.2) is 59.7 Å². The van der Waals surface area contributed by atoms with Gasteiger partial charge in [-0.05, 0) is 54.5 Å². The lowest BCUT2D eigenvalue weighted by Crippen LogP contribution is -2.48. The first-order valence-electron chi connectivity index (χ1n) is 14.6. The van der Waals surface area contributed by atoms with E-state index < -0.39 is 34.5 Å². The normalized spacial score (nSPS) is 29.7. The van der Waals surface area contributed by atoms with E-state index in [1.54, 1.807) is 0 Å². The van der Waals surface area contributed by atoms with Crippen molar-refractivity contribution >= 4 is 22.6 Å². The third-order valence-electron chi connectivity index (χ3n) is 9.94. The molecule has 4 rings (SSSR count). The molecule has 0 bridgehead atoms. The molecule has 0 N–H and O–H groups in total. The maximum Gasteiger partial charge on any atom is 0.416 e. The van der Waals surface area contributed by atoms with E-state index in [2.05, 4.69) is 67.7 Å². The van der Waals surface area contributed by atoms with Crippen LogP contribution in [0, 0.1) is 11.8 Å². The van der Waals surface area contributed by atoms with Crippen LogP contribution in [-0.2, 0) is 29.3 Å². The van der Waals surface area contributed by atoms with Crippen LogP contribution in [0.3, 0.4) is 0 Å². The van der Waals surface area contributed by atoms with Crippen LogP contribution >= 0.6 is 0 Å². The third kappa shape index (κ3) is 7.05. The first-order chi connectivity index (χ1) is 18.6. The van der Waals surface area contributed by atoms with Crippen LogP contribution in [0.1, 0.15) is 59.9 Å². The van der Waals surface area contributed by atoms with Crippen LogP contribution in [0.25, 0.3) is 0 Å². The van der Waals surface area contributed by atoms with Gasteiger partial charge in [-0.25, -0.2) is 0 Å². The highest BCUT2D eigenvalue weighted by Gasteiger charge is 2.63. The average Bonchev–Trinajstić information content (AvgIpc) is 3.40. The second-order valence-electron chi connectivity index (χ2n) is 14.9. The van der Waals surface area contributed by atoms with Crippen LogP contribution in [0.5, 0.6) is 5.75 Å². The summed E-state index contributed by atoms with van der Waals surface area (Å²) in [7, 11) is -4.42. The van der Waals surface area contributed by atoms with E-state index in [0.29, 0.717) is 12.8 Å². The SMILES string of the molecule is CC(C)(C)[Si](C)(C)O[C@@H](COc1cccc(C(F)(F)F)c1)C1O[C@@H]1[C@@H]1[C@H]2CC(=O)O[C@H]2C[C@H]1O[Si](C)(C)C(C)(C)C. The van der Waals surface area contributed by atoms with E-state index in [-0.39, 0.29) is 64.7 Å². The smallest absolute Gasteiger partial charge is 0.416 e. The van der Waals surface area contributed by atoms with Crippen LogP contribution < -0.4 is 4.74 Å². The number of hydrogen-bond donors (Lipinski definition) is 0. The first kappa shape index (κ1) is 32.5. The molecular weight excluding hydrogens is 569 g/mol. The summed E-state index contributed by atoms with van der Waals surface area (Å²) in [5.74, 6) is -0.0829. The maximum atomic E-state index is 13.3. The van der Waals surface area contributed by atoms with Crippen molar-refractivity contribution in [3.8, 4) is 5.75 Å². The Morgan fingerprint density at radius 1 is 1.00 bits per heavy atom. The molecule has 0 spiro atoms. The van der Waals surface area contributed by atoms with Gasteiger partial charge in [0.1, 0.15) is 30.7 Å². The van der Waals surface area contributed by atoms with Gasteiger partial charge < -0.3 is 23.1 Å². The first-order valence-corrected chi connectivity index (χ1v) is 20.4. The molecule has 0 amide bonds. The Balaban J connectivity index is 1.57. The van der Waals surface area contributed by atoms with Gasteiger partial charge in [0.25, 0.3) is 0 Å². The maximum absolute atomic E-state index is 13.3. The molecule has 1 aromatic rings. The summed E-state index contributed by atoms with van der Waals surface area (Å²) in [5, 5.41) is -0.0769. The molecule has 41 heavy (non-hydrogen) atoms. The number of ether oxygens (including phenoxy) is 3. The molecule has 3 fully saturated rings. The number of halogens is 3. The molecule has 1 aliphatic carbocycles. The minimum absolute atomic E-state index is 0.00479. The van der Waals surface area contributed by atoms with Gasteiger partial charge in [-0.15, -0.1) is 0 Å². The monoisotopic (exact) mass is 616 g/mol. The summed E-state index contributed by atoms with van der Waals surface area (Å²) in [6.45, 7) is 21.8. The Morgan fingerprint density at radius 3 is 2.22 bits per heavy atom. The summed E-state index contributed by atoms with van der Waals surface area (Å²) in [4.78, 5) is 12.3. The summed E-state index contributed by atoms with van der Waals surface area (Å²) < 4.78 is 71.6. The molecule has 11 heteroatoms. The zero-order valence-electron chi connectivity index (χ0n) is 26.1. The Hall–Kier alpha value is -1.41. The highest BCUT2D eigenvalue weighted by atomic mass is 28.4. The molecule has 232 valence electrons. The van der Waals surface area contributed by atoms with Gasteiger partial charge in [0.2, 0.25) is 0 Å². The molecule has 3 aliphatic rings. The largest absolute Gasteiger partial charge is 0.491 e. The highest BCUT2D eigenvalue weighted by Crippen LogP contribution is 2.53. The summed E-state index contributed by atoms with van der Waals surface area (Å²) in [6, 6.07) is 4.91. The molecule has 2 aliphatic heterocycles. The van der Waals surface area contributed by atoms with Crippen molar-refractivity contribution < 1.29 is 41.0 Å². The van der Waals surface area contributed by atoms with Gasteiger partial charge in [0, 0.05) is 18.3 Å². The Morgan fingerprint density at radius 2 is 1.63 bits per heavy atom. The van der Waals surface area contributed by atoms with Crippen molar-refractivity contribution in [1.29, 1.82) is 0 Å². The molecule has 0 radical (unpaired) electrons. The number of alkyl halides is 3. The van der Waals surface area contributed by atoms with Crippen LogP contribution in [0.4, 0.5) is 13.2 Å². The number of carbonyl (C=O) groups is 1. The van der Waals surface area contributed by atoms with Crippen LogP contribution in [0.2, 0.25) is 36.3 Å². The number of carbonyl (C=O) groups excluding carboxylic acids is 1. The molecular formula is C30H47F3O6Si2. The molecule has 1 aromatic carbocycles. The highest BCUT2D eigenvalue weighted by molar-refractivity contribution is 6.74. The quantitative estimate of drug-likeness (QED) is 0.162.